The van der Waals surface area contributed by atoms with Gasteiger partial charge in [0.25, 0.3) is 0 Å². The lowest BCUT2D eigenvalue weighted by atomic mass is 10.1. The highest BCUT2D eigenvalue weighted by Crippen LogP contribution is 2.36. The van der Waals surface area contributed by atoms with Gasteiger partial charge in [-0.3, -0.25) is 0 Å². The Bertz CT molecular complexity index is 1030. The summed E-state index contributed by atoms with van der Waals surface area (Å²) < 4.78 is 2.01. The summed E-state index contributed by atoms with van der Waals surface area (Å²) in [5.41, 5.74) is 4.81. The Hall–Kier alpha value is -3.14. The van der Waals surface area contributed by atoms with Crippen LogP contribution in [0.25, 0.3) is 22.3 Å². The maximum absolute atomic E-state index is 4.95. The fourth-order valence-corrected chi connectivity index (χ4v) is 3.09. The molecule has 4 rings (SSSR count). The molecule has 0 saturated heterocycles. The van der Waals surface area contributed by atoms with Crippen LogP contribution in [0.2, 0.25) is 0 Å². The van der Waals surface area contributed by atoms with Gasteiger partial charge in [-0.05, 0) is 39.0 Å². The van der Waals surface area contributed by atoms with Crippen molar-refractivity contribution in [3.63, 3.8) is 0 Å². The number of anilines is 2. The zero-order chi connectivity index (χ0) is 18.1. The lowest BCUT2D eigenvalue weighted by Gasteiger charge is -2.19. The lowest BCUT2D eigenvalue weighted by molar-refractivity contribution is 0.367. The van der Waals surface area contributed by atoms with Gasteiger partial charge >= 0.3 is 0 Å². The standard InChI is InChI=1S/C22H22N4/c1-22(2,3)26-21-19(20(25-26)16-10-6-4-7-11-16)18(14-15-23-21)24-17-12-8-5-9-13-17/h4-15H,1-3H3,(H,23,24). The van der Waals surface area contributed by atoms with E-state index in [1.165, 1.54) is 0 Å². The molecule has 0 saturated carbocycles. The number of aromatic nitrogens is 3. The molecule has 1 N–H and O–H groups in total. The number of hydrogen-bond acceptors (Lipinski definition) is 3. The second kappa shape index (κ2) is 6.30. The topological polar surface area (TPSA) is 42.7 Å². The number of pyridine rings is 1. The fraction of sp³-hybridized carbons (Fsp3) is 0.182. The number of hydrogen-bond donors (Lipinski definition) is 1. The Balaban J connectivity index is 1.97. The number of nitrogens with zero attached hydrogens (tertiary/aromatic N) is 3. The van der Waals surface area contributed by atoms with Crippen LogP contribution in [0.5, 0.6) is 0 Å². The van der Waals surface area contributed by atoms with E-state index in [0.717, 1.165) is 33.7 Å². The first-order valence-electron chi connectivity index (χ1n) is 8.80. The van der Waals surface area contributed by atoms with Gasteiger partial charge in [-0.1, -0.05) is 48.5 Å². The van der Waals surface area contributed by atoms with Crippen LogP contribution in [0.1, 0.15) is 20.8 Å². The molecule has 0 aliphatic heterocycles. The van der Waals surface area contributed by atoms with Crippen molar-refractivity contribution in [2.45, 2.75) is 26.3 Å². The van der Waals surface area contributed by atoms with Crippen LogP contribution in [0.4, 0.5) is 11.4 Å². The minimum Gasteiger partial charge on any atom is -0.355 e. The molecule has 0 aliphatic carbocycles. The van der Waals surface area contributed by atoms with E-state index in [9.17, 15) is 0 Å². The molecule has 0 spiro atoms. The van der Waals surface area contributed by atoms with E-state index in [1.54, 1.807) is 0 Å². The molecule has 0 unspecified atom stereocenters. The summed E-state index contributed by atoms with van der Waals surface area (Å²) in [7, 11) is 0. The first-order valence-corrected chi connectivity index (χ1v) is 8.80. The third-order valence-electron chi connectivity index (χ3n) is 4.30. The molecule has 2 aromatic heterocycles. The molecule has 26 heavy (non-hydrogen) atoms. The number of fused-ring (bicyclic) bond motifs is 1. The van der Waals surface area contributed by atoms with Crippen LogP contribution < -0.4 is 5.32 Å². The maximum atomic E-state index is 4.95. The molecule has 130 valence electrons. The monoisotopic (exact) mass is 342 g/mol. The quantitative estimate of drug-likeness (QED) is 0.527. The van der Waals surface area contributed by atoms with Crippen LogP contribution in [0.3, 0.4) is 0 Å². The summed E-state index contributed by atoms with van der Waals surface area (Å²) in [6, 6.07) is 22.5. The number of rotatable bonds is 3. The highest BCUT2D eigenvalue weighted by molar-refractivity contribution is 6.01. The van der Waals surface area contributed by atoms with Gasteiger partial charge in [0.15, 0.2) is 5.65 Å². The van der Waals surface area contributed by atoms with Gasteiger partial charge in [-0.2, -0.15) is 5.10 Å². The predicted molar refractivity (Wildman–Crippen MR) is 108 cm³/mol. The third-order valence-corrected chi connectivity index (χ3v) is 4.30. The van der Waals surface area contributed by atoms with E-state index in [1.807, 2.05) is 53.3 Å². The molecule has 2 heterocycles. The molecule has 4 aromatic rings. The van der Waals surface area contributed by atoms with Gasteiger partial charge in [0.1, 0.15) is 5.69 Å². The normalized spacial score (nSPS) is 11.7. The highest BCUT2D eigenvalue weighted by Gasteiger charge is 2.23. The van der Waals surface area contributed by atoms with Crippen molar-refractivity contribution in [3.8, 4) is 11.3 Å². The zero-order valence-corrected chi connectivity index (χ0v) is 15.3. The van der Waals surface area contributed by atoms with Crippen molar-refractivity contribution in [3.05, 3.63) is 72.9 Å². The van der Waals surface area contributed by atoms with E-state index < -0.39 is 0 Å². The average molecular weight is 342 g/mol. The van der Waals surface area contributed by atoms with Gasteiger partial charge in [0, 0.05) is 17.4 Å². The van der Waals surface area contributed by atoms with Gasteiger partial charge in [0.05, 0.1) is 16.6 Å². The molecular weight excluding hydrogens is 320 g/mol. The van der Waals surface area contributed by atoms with E-state index in [4.69, 9.17) is 5.10 Å². The summed E-state index contributed by atoms with van der Waals surface area (Å²) in [6.07, 6.45) is 1.84. The Morgan fingerprint density at radius 3 is 2.15 bits per heavy atom. The van der Waals surface area contributed by atoms with E-state index in [-0.39, 0.29) is 5.54 Å². The molecule has 0 bridgehead atoms. The summed E-state index contributed by atoms with van der Waals surface area (Å²) >= 11 is 0. The molecule has 4 nitrogen and oxygen atoms in total. The average Bonchev–Trinajstić information content (AvgIpc) is 3.04. The highest BCUT2D eigenvalue weighted by atomic mass is 15.3. The Kier molecular flexibility index (Phi) is 3.96. The Morgan fingerprint density at radius 1 is 0.846 bits per heavy atom. The van der Waals surface area contributed by atoms with E-state index >= 15 is 0 Å². The van der Waals surface area contributed by atoms with Crippen molar-refractivity contribution in [1.82, 2.24) is 14.8 Å². The van der Waals surface area contributed by atoms with Gasteiger partial charge in [-0.15, -0.1) is 0 Å². The Morgan fingerprint density at radius 2 is 1.50 bits per heavy atom. The van der Waals surface area contributed by atoms with Gasteiger partial charge in [-0.25, -0.2) is 9.67 Å². The molecule has 0 radical (unpaired) electrons. The van der Waals surface area contributed by atoms with Gasteiger partial charge < -0.3 is 5.32 Å². The zero-order valence-electron chi connectivity index (χ0n) is 15.3. The van der Waals surface area contributed by atoms with E-state index in [0.29, 0.717) is 0 Å². The number of benzene rings is 2. The van der Waals surface area contributed by atoms with Crippen LogP contribution in [0, 0.1) is 0 Å². The Labute approximate surface area is 153 Å². The van der Waals surface area contributed by atoms with Crippen molar-refractivity contribution < 1.29 is 0 Å². The molecular formula is C22H22N4. The summed E-state index contributed by atoms with van der Waals surface area (Å²) in [6.45, 7) is 6.44. The summed E-state index contributed by atoms with van der Waals surface area (Å²) in [4.78, 5) is 4.66. The first-order chi connectivity index (χ1) is 12.5. The second-order valence-corrected chi connectivity index (χ2v) is 7.35. The van der Waals surface area contributed by atoms with Crippen molar-refractivity contribution in [1.29, 1.82) is 0 Å². The smallest absolute Gasteiger partial charge is 0.161 e. The predicted octanol–water partition coefficient (Wildman–Crippen LogP) is 5.60. The second-order valence-electron chi connectivity index (χ2n) is 7.35. The molecule has 4 heteroatoms. The van der Waals surface area contributed by atoms with Crippen LogP contribution in [0.15, 0.2) is 72.9 Å². The number of nitrogens with one attached hydrogen (secondary N) is 1. The number of para-hydroxylation sites is 1. The molecule has 0 fully saturated rings. The maximum Gasteiger partial charge on any atom is 0.161 e. The summed E-state index contributed by atoms with van der Waals surface area (Å²) in [5.74, 6) is 0. The van der Waals surface area contributed by atoms with Crippen LogP contribution in [-0.4, -0.2) is 14.8 Å². The minimum atomic E-state index is -0.163. The van der Waals surface area contributed by atoms with E-state index in [2.05, 4.69) is 55.3 Å². The third kappa shape index (κ3) is 2.94. The van der Waals surface area contributed by atoms with Crippen LogP contribution in [-0.2, 0) is 5.54 Å². The summed E-state index contributed by atoms with van der Waals surface area (Å²) in [5, 5.41) is 9.52. The SMILES string of the molecule is CC(C)(C)n1nc(-c2ccccc2)c2c(Nc3ccccc3)ccnc21. The minimum absolute atomic E-state index is 0.163. The van der Waals surface area contributed by atoms with Crippen molar-refractivity contribution >= 4 is 22.4 Å². The largest absolute Gasteiger partial charge is 0.355 e. The lowest BCUT2D eigenvalue weighted by Crippen LogP contribution is -2.23. The molecule has 0 aliphatic rings. The van der Waals surface area contributed by atoms with Crippen LogP contribution >= 0.6 is 0 Å². The van der Waals surface area contributed by atoms with Crippen molar-refractivity contribution in [2.75, 3.05) is 5.32 Å². The molecule has 0 atom stereocenters. The van der Waals surface area contributed by atoms with Crippen molar-refractivity contribution in [2.24, 2.45) is 0 Å². The fourth-order valence-electron chi connectivity index (χ4n) is 3.09. The molecule has 0 amide bonds. The first kappa shape index (κ1) is 16.3. The molecule has 2 aromatic carbocycles. The van der Waals surface area contributed by atoms with Gasteiger partial charge in [0.2, 0.25) is 0 Å².